The molecule has 4 rings (SSSR count). The van der Waals surface area contributed by atoms with Crippen molar-refractivity contribution in [3.8, 4) is 0 Å². The van der Waals surface area contributed by atoms with Gasteiger partial charge in [-0.05, 0) is 30.3 Å². The van der Waals surface area contributed by atoms with Crippen LogP contribution >= 0.6 is 0 Å². The number of rotatable bonds is 7. The number of furan rings is 1. The monoisotopic (exact) mass is 381 g/mol. The van der Waals surface area contributed by atoms with Crippen molar-refractivity contribution in [2.45, 2.75) is 19.5 Å². The Morgan fingerprint density at radius 1 is 1.29 bits per heavy atom. The highest BCUT2D eigenvalue weighted by molar-refractivity contribution is 6.03. The van der Waals surface area contributed by atoms with Gasteiger partial charge in [-0.2, -0.15) is 0 Å². The molecule has 0 radical (unpaired) electrons. The van der Waals surface area contributed by atoms with Crippen LogP contribution in [0, 0.1) is 5.92 Å². The SMILES string of the molecule is COCCn1ccc2c(NC(=O)[C@@H]3CC(=O)N(Cc4ccco4)C3)cccc21. The van der Waals surface area contributed by atoms with Crippen molar-refractivity contribution in [3.63, 3.8) is 0 Å². The lowest BCUT2D eigenvalue weighted by molar-refractivity contribution is -0.128. The van der Waals surface area contributed by atoms with Crippen molar-refractivity contribution in [1.82, 2.24) is 9.47 Å². The zero-order valence-electron chi connectivity index (χ0n) is 15.8. The van der Waals surface area contributed by atoms with Gasteiger partial charge in [-0.3, -0.25) is 9.59 Å². The summed E-state index contributed by atoms with van der Waals surface area (Å²) in [7, 11) is 1.68. The van der Waals surface area contributed by atoms with E-state index in [0.717, 1.165) is 28.9 Å². The van der Waals surface area contributed by atoms with Gasteiger partial charge in [-0.25, -0.2) is 0 Å². The molecule has 1 N–H and O–H groups in total. The van der Waals surface area contributed by atoms with Gasteiger partial charge in [0.1, 0.15) is 5.76 Å². The number of benzene rings is 1. The fourth-order valence-electron chi connectivity index (χ4n) is 3.64. The van der Waals surface area contributed by atoms with Crippen molar-refractivity contribution in [3.05, 3.63) is 54.6 Å². The zero-order valence-corrected chi connectivity index (χ0v) is 15.8. The molecule has 1 aliphatic rings. The number of nitrogens with one attached hydrogen (secondary N) is 1. The third-order valence-electron chi connectivity index (χ3n) is 5.12. The van der Waals surface area contributed by atoms with E-state index in [1.54, 1.807) is 24.3 Å². The number of nitrogens with zero attached hydrogens (tertiary/aromatic N) is 2. The molecule has 146 valence electrons. The van der Waals surface area contributed by atoms with E-state index in [0.29, 0.717) is 19.7 Å². The molecule has 1 atom stereocenters. The van der Waals surface area contributed by atoms with Crippen molar-refractivity contribution in [2.75, 3.05) is 25.6 Å². The van der Waals surface area contributed by atoms with Crippen molar-refractivity contribution in [1.29, 1.82) is 0 Å². The highest BCUT2D eigenvalue weighted by Crippen LogP contribution is 2.27. The largest absolute Gasteiger partial charge is 0.467 e. The molecule has 28 heavy (non-hydrogen) atoms. The average Bonchev–Trinajstić information content (AvgIpc) is 3.42. The summed E-state index contributed by atoms with van der Waals surface area (Å²) < 4.78 is 12.6. The Bertz CT molecular complexity index is 977. The first kappa shape index (κ1) is 18.3. The molecular weight excluding hydrogens is 358 g/mol. The van der Waals surface area contributed by atoms with Gasteiger partial charge in [0.2, 0.25) is 11.8 Å². The van der Waals surface area contributed by atoms with Crippen LogP contribution in [0.1, 0.15) is 12.2 Å². The summed E-state index contributed by atoms with van der Waals surface area (Å²) in [5, 5.41) is 3.99. The van der Waals surface area contributed by atoms with Crippen molar-refractivity contribution < 1.29 is 18.7 Å². The summed E-state index contributed by atoms with van der Waals surface area (Å²) in [4.78, 5) is 26.7. The highest BCUT2D eigenvalue weighted by Gasteiger charge is 2.34. The standard InChI is InChI=1S/C21H23N3O4/c1-27-11-9-23-8-7-17-18(5-2-6-19(17)23)22-21(26)15-12-20(25)24(13-15)14-16-4-3-10-28-16/h2-8,10,15H,9,11-14H2,1H3,(H,22,26)/t15-/m1/s1. The molecule has 7 heteroatoms. The lowest BCUT2D eigenvalue weighted by Crippen LogP contribution is -2.27. The number of hydrogen-bond donors (Lipinski definition) is 1. The molecule has 3 heterocycles. The van der Waals surface area contributed by atoms with Crippen molar-refractivity contribution >= 4 is 28.4 Å². The highest BCUT2D eigenvalue weighted by atomic mass is 16.5. The Kier molecular flexibility index (Phi) is 5.16. The first-order chi connectivity index (χ1) is 13.7. The zero-order chi connectivity index (χ0) is 19.5. The van der Waals surface area contributed by atoms with E-state index in [2.05, 4.69) is 9.88 Å². The quantitative estimate of drug-likeness (QED) is 0.683. The summed E-state index contributed by atoms with van der Waals surface area (Å²) in [6, 6.07) is 11.4. The molecule has 0 unspecified atom stereocenters. The van der Waals surface area contributed by atoms with Crippen LogP contribution in [0.3, 0.4) is 0 Å². The molecule has 1 fully saturated rings. The summed E-state index contributed by atoms with van der Waals surface area (Å²) in [6.45, 7) is 2.16. The number of fused-ring (bicyclic) bond motifs is 1. The van der Waals surface area contributed by atoms with Crippen LogP contribution in [-0.2, 0) is 27.4 Å². The normalized spacial score (nSPS) is 16.8. The minimum absolute atomic E-state index is 0.0273. The molecule has 1 saturated heterocycles. The second-order valence-corrected chi connectivity index (χ2v) is 6.98. The number of ether oxygens (including phenoxy) is 1. The van der Waals surface area contributed by atoms with Gasteiger partial charge in [0.15, 0.2) is 0 Å². The fourth-order valence-corrected chi connectivity index (χ4v) is 3.64. The maximum absolute atomic E-state index is 12.8. The van der Waals surface area contributed by atoms with E-state index in [1.165, 1.54) is 0 Å². The van der Waals surface area contributed by atoms with Crippen LogP contribution < -0.4 is 5.32 Å². The van der Waals surface area contributed by atoms with Crippen LogP contribution in [0.4, 0.5) is 5.69 Å². The average molecular weight is 381 g/mol. The van der Waals surface area contributed by atoms with Gasteiger partial charge in [-0.15, -0.1) is 0 Å². The lowest BCUT2D eigenvalue weighted by atomic mass is 10.1. The number of methoxy groups -OCH3 is 1. The summed E-state index contributed by atoms with van der Waals surface area (Å²) >= 11 is 0. The summed E-state index contributed by atoms with van der Waals surface area (Å²) in [5.74, 6) is 0.192. The van der Waals surface area contributed by atoms with Gasteiger partial charge in [0, 0.05) is 38.2 Å². The number of amides is 2. The molecule has 2 amide bonds. The van der Waals surface area contributed by atoms with Crippen molar-refractivity contribution in [2.24, 2.45) is 5.92 Å². The number of likely N-dealkylation sites (tertiary alicyclic amines) is 1. The molecule has 0 spiro atoms. The molecule has 3 aromatic rings. The van der Waals surface area contributed by atoms with Crippen LogP contribution in [-0.4, -0.2) is 41.5 Å². The Morgan fingerprint density at radius 3 is 2.96 bits per heavy atom. The van der Waals surface area contributed by atoms with E-state index in [1.807, 2.05) is 36.5 Å². The maximum Gasteiger partial charge on any atom is 0.229 e. The predicted molar refractivity (Wildman–Crippen MR) is 105 cm³/mol. The van der Waals surface area contributed by atoms with Crippen LogP contribution in [0.2, 0.25) is 0 Å². The minimum Gasteiger partial charge on any atom is -0.467 e. The first-order valence-corrected chi connectivity index (χ1v) is 9.33. The van der Waals surface area contributed by atoms with Crippen LogP contribution in [0.15, 0.2) is 53.3 Å². The van der Waals surface area contributed by atoms with Gasteiger partial charge < -0.3 is 23.9 Å². The molecule has 0 bridgehead atoms. The number of anilines is 1. The third-order valence-corrected chi connectivity index (χ3v) is 5.12. The Hall–Kier alpha value is -3.06. The fraction of sp³-hybridized carbons (Fsp3) is 0.333. The molecule has 1 aromatic carbocycles. The number of aromatic nitrogens is 1. The maximum atomic E-state index is 12.8. The third kappa shape index (κ3) is 3.66. The van der Waals surface area contributed by atoms with Gasteiger partial charge in [0.25, 0.3) is 0 Å². The summed E-state index contributed by atoms with van der Waals surface area (Å²) in [6.07, 6.45) is 3.79. The second kappa shape index (κ2) is 7.90. The van der Waals surface area contributed by atoms with Gasteiger partial charge in [-0.1, -0.05) is 6.07 Å². The predicted octanol–water partition coefficient (Wildman–Crippen LogP) is 2.87. The Labute approximate surface area is 162 Å². The van der Waals surface area contributed by atoms with E-state index in [4.69, 9.17) is 9.15 Å². The molecule has 1 aliphatic heterocycles. The summed E-state index contributed by atoms with van der Waals surface area (Å²) in [5.41, 5.74) is 1.80. The van der Waals surface area contributed by atoms with Gasteiger partial charge >= 0.3 is 0 Å². The molecule has 0 aliphatic carbocycles. The van der Waals surface area contributed by atoms with E-state index < -0.39 is 0 Å². The number of carbonyl (C=O) groups excluding carboxylic acids is 2. The Morgan fingerprint density at radius 2 is 2.18 bits per heavy atom. The second-order valence-electron chi connectivity index (χ2n) is 6.98. The van der Waals surface area contributed by atoms with Crippen LogP contribution in [0.25, 0.3) is 10.9 Å². The van der Waals surface area contributed by atoms with E-state index in [-0.39, 0.29) is 24.2 Å². The number of hydrogen-bond acceptors (Lipinski definition) is 4. The van der Waals surface area contributed by atoms with Crippen LogP contribution in [0.5, 0.6) is 0 Å². The van der Waals surface area contributed by atoms with Gasteiger partial charge in [0.05, 0.1) is 36.5 Å². The van der Waals surface area contributed by atoms with E-state index >= 15 is 0 Å². The number of carbonyl (C=O) groups is 2. The topological polar surface area (TPSA) is 76.7 Å². The smallest absolute Gasteiger partial charge is 0.229 e. The molecule has 2 aromatic heterocycles. The lowest BCUT2D eigenvalue weighted by Gasteiger charge is -2.15. The minimum atomic E-state index is -0.367. The molecule has 0 saturated carbocycles. The first-order valence-electron chi connectivity index (χ1n) is 9.33. The molecular formula is C21H23N3O4. The molecule has 7 nitrogen and oxygen atoms in total. The van der Waals surface area contributed by atoms with E-state index in [9.17, 15) is 9.59 Å². The Balaban J connectivity index is 1.45.